The van der Waals surface area contributed by atoms with Crippen molar-refractivity contribution in [1.29, 1.82) is 0 Å². The molecule has 7 amide bonds. The molecule has 0 aliphatic carbocycles. The molecule has 0 bridgehead atoms. The van der Waals surface area contributed by atoms with E-state index in [-0.39, 0.29) is 36.4 Å². The van der Waals surface area contributed by atoms with Gasteiger partial charge in [-0.3, -0.25) is 33.7 Å². The van der Waals surface area contributed by atoms with Crippen LogP contribution in [-0.4, -0.2) is 106 Å². The lowest BCUT2D eigenvalue weighted by Gasteiger charge is -2.34. The molecule has 5 N–H and O–H groups in total. The number of hydrazine groups is 1. The summed E-state index contributed by atoms with van der Waals surface area (Å²) >= 11 is 0. The van der Waals surface area contributed by atoms with E-state index in [0.29, 0.717) is 22.7 Å². The van der Waals surface area contributed by atoms with Gasteiger partial charge >= 0.3 is 6.09 Å². The molecule has 1 aliphatic heterocycles. The van der Waals surface area contributed by atoms with Gasteiger partial charge in [-0.05, 0) is 38.2 Å². The molecule has 43 heavy (non-hydrogen) atoms. The second-order valence-corrected chi connectivity index (χ2v) is 10.6. The van der Waals surface area contributed by atoms with Crippen molar-refractivity contribution in [3.63, 3.8) is 0 Å². The Labute approximate surface area is 249 Å². The van der Waals surface area contributed by atoms with Crippen molar-refractivity contribution in [1.82, 2.24) is 25.6 Å². The van der Waals surface area contributed by atoms with E-state index in [1.54, 1.807) is 45.0 Å². The second-order valence-electron chi connectivity index (χ2n) is 10.6. The summed E-state index contributed by atoms with van der Waals surface area (Å²) < 4.78 is 5.11. The molecule has 1 aromatic rings. The third kappa shape index (κ3) is 9.31. The Hall–Kier alpha value is -4.37. The largest absolute Gasteiger partial charge is 0.463 e. The first-order valence-electron chi connectivity index (χ1n) is 13.8. The van der Waals surface area contributed by atoms with E-state index in [1.807, 2.05) is 6.07 Å². The van der Waals surface area contributed by atoms with E-state index < -0.39 is 59.9 Å². The highest BCUT2D eigenvalue weighted by atomic mass is 16.6. The zero-order valence-electron chi connectivity index (χ0n) is 24.9. The van der Waals surface area contributed by atoms with E-state index in [4.69, 9.17) is 10.5 Å². The smallest absolute Gasteiger partial charge is 0.433 e. The maximum atomic E-state index is 13.5. The lowest BCUT2D eigenvalue weighted by molar-refractivity contribution is -0.165. The van der Waals surface area contributed by atoms with E-state index in [9.17, 15) is 38.7 Å². The van der Waals surface area contributed by atoms with Crippen LogP contribution < -0.4 is 16.4 Å². The number of nitrogens with two attached hydrogens (primary N) is 1. The predicted molar refractivity (Wildman–Crippen MR) is 151 cm³/mol. The minimum absolute atomic E-state index is 0.0757. The number of aryl methyl sites for hydroxylation is 1. The Kier molecular flexibility index (Phi) is 12.8. The number of amides is 7. The fraction of sp³-hybridized carbons (Fsp3) is 0.536. The highest BCUT2D eigenvalue weighted by Gasteiger charge is 2.54. The van der Waals surface area contributed by atoms with Crippen LogP contribution in [0.25, 0.3) is 0 Å². The van der Waals surface area contributed by atoms with E-state index in [0.717, 1.165) is 12.6 Å². The Balaban J connectivity index is 2.16. The third-order valence-corrected chi connectivity index (χ3v) is 6.96. The Bertz CT molecular complexity index is 1190. The number of carbonyl (C=O) groups is 7. The monoisotopic (exact) mass is 604 g/mol. The van der Waals surface area contributed by atoms with E-state index in [2.05, 4.69) is 10.6 Å². The van der Waals surface area contributed by atoms with Crippen molar-refractivity contribution in [2.24, 2.45) is 11.7 Å². The zero-order valence-corrected chi connectivity index (χ0v) is 24.9. The first-order valence-corrected chi connectivity index (χ1v) is 13.8. The fourth-order valence-corrected chi connectivity index (χ4v) is 4.17. The molecule has 1 fully saturated rings. The van der Waals surface area contributed by atoms with Crippen LogP contribution in [0.1, 0.15) is 46.1 Å². The highest BCUT2D eigenvalue weighted by molar-refractivity contribution is 6.04. The summed E-state index contributed by atoms with van der Waals surface area (Å²) in [5, 5.41) is 15.4. The molecule has 15 nitrogen and oxygen atoms in total. The van der Waals surface area contributed by atoms with Crippen molar-refractivity contribution in [2.75, 3.05) is 13.6 Å². The molecular weight excluding hydrogens is 564 g/mol. The summed E-state index contributed by atoms with van der Waals surface area (Å²) in [5.74, 6) is -4.85. The molecule has 1 aliphatic rings. The summed E-state index contributed by atoms with van der Waals surface area (Å²) in [7, 11) is 0.989. The van der Waals surface area contributed by atoms with Gasteiger partial charge in [0, 0.05) is 26.1 Å². The van der Waals surface area contributed by atoms with Gasteiger partial charge in [-0.2, -0.15) is 0 Å². The van der Waals surface area contributed by atoms with Gasteiger partial charge in [-0.25, -0.2) is 9.80 Å². The maximum Gasteiger partial charge on any atom is 0.433 e. The van der Waals surface area contributed by atoms with Crippen molar-refractivity contribution >= 4 is 42.0 Å². The van der Waals surface area contributed by atoms with Crippen molar-refractivity contribution < 1.29 is 43.4 Å². The minimum atomic E-state index is -1.84. The van der Waals surface area contributed by atoms with Crippen LogP contribution in [0.2, 0.25) is 0 Å². The number of hydrogen-bond acceptors (Lipinski definition) is 9. The summed E-state index contributed by atoms with van der Waals surface area (Å²) in [6.07, 6.45) is -3.56. The fourth-order valence-electron chi connectivity index (χ4n) is 4.17. The van der Waals surface area contributed by atoms with Gasteiger partial charge in [0.05, 0.1) is 6.04 Å². The number of hydrogen-bond donors (Lipinski definition) is 4. The topological polar surface area (TPSA) is 212 Å². The van der Waals surface area contributed by atoms with Gasteiger partial charge in [-0.15, -0.1) is 5.01 Å². The van der Waals surface area contributed by atoms with E-state index in [1.165, 1.54) is 6.92 Å². The number of carboxylic acid groups (broad SMARTS) is 1. The maximum absolute atomic E-state index is 13.5. The lowest BCUT2D eigenvalue weighted by Crippen LogP contribution is -2.60. The quantitative estimate of drug-likeness (QED) is 0.123. The van der Waals surface area contributed by atoms with Crippen LogP contribution >= 0.6 is 0 Å². The first kappa shape index (κ1) is 34.8. The molecule has 1 unspecified atom stereocenters. The number of rotatable bonds is 14. The Morgan fingerprint density at radius 1 is 1.02 bits per heavy atom. The predicted octanol–water partition coefficient (Wildman–Crippen LogP) is -0.366. The van der Waals surface area contributed by atoms with Gasteiger partial charge in [-0.1, -0.05) is 44.2 Å². The molecule has 1 saturated heterocycles. The lowest BCUT2D eigenvalue weighted by atomic mass is 10.0. The number of epoxide rings is 1. The standard InChI is InChI=1S/C28H40N6O9/c1-16(2)21(29)26(39)33(20(36)12-11-19-9-7-6-8-10-19)18(4)25(38)32(5)34(28(41)42)27(40)23-22(43-23)24(37)30-14-13-17(3)31-15-35/h6-10,15-18,21-23H,11-14,29H2,1-5H3,(H,30,37)(H,31,35)(H,41,42)/t17?,18-,21-,22-,23-/m0/s1. The molecule has 0 radical (unpaired) electrons. The molecule has 1 aromatic carbocycles. The molecule has 2 rings (SSSR count). The Morgan fingerprint density at radius 2 is 1.65 bits per heavy atom. The van der Waals surface area contributed by atoms with Gasteiger partial charge in [0.25, 0.3) is 17.7 Å². The highest BCUT2D eigenvalue weighted by Crippen LogP contribution is 2.26. The molecule has 5 atom stereocenters. The summed E-state index contributed by atoms with van der Waals surface area (Å²) in [6, 6.07) is 6.13. The van der Waals surface area contributed by atoms with Gasteiger partial charge < -0.3 is 26.2 Å². The van der Waals surface area contributed by atoms with Gasteiger partial charge in [0.15, 0.2) is 12.2 Å². The van der Waals surface area contributed by atoms with E-state index >= 15 is 0 Å². The normalized spacial score (nSPS) is 17.6. The summed E-state index contributed by atoms with van der Waals surface area (Å²) in [4.78, 5) is 88.7. The zero-order chi connectivity index (χ0) is 32.4. The van der Waals surface area contributed by atoms with Crippen LogP contribution in [0.4, 0.5) is 4.79 Å². The average molecular weight is 605 g/mol. The second kappa shape index (κ2) is 15.7. The molecule has 236 valence electrons. The van der Waals surface area contributed by atoms with Crippen LogP contribution in [-0.2, 0) is 39.9 Å². The number of benzene rings is 1. The number of nitrogens with zero attached hydrogens (tertiary/aromatic N) is 3. The van der Waals surface area contributed by atoms with Crippen LogP contribution in [0.5, 0.6) is 0 Å². The van der Waals surface area contributed by atoms with Crippen molar-refractivity contribution in [2.45, 2.75) is 77.3 Å². The van der Waals surface area contributed by atoms with Crippen LogP contribution in [0, 0.1) is 5.92 Å². The number of carbonyl (C=O) groups excluding carboxylic acids is 6. The third-order valence-electron chi connectivity index (χ3n) is 6.96. The Morgan fingerprint density at radius 3 is 2.21 bits per heavy atom. The van der Waals surface area contributed by atoms with Crippen molar-refractivity contribution in [3.05, 3.63) is 35.9 Å². The van der Waals surface area contributed by atoms with Crippen LogP contribution in [0.15, 0.2) is 30.3 Å². The van der Waals surface area contributed by atoms with Gasteiger partial charge in [0.2, 0.25) is 18.2 Å². The first-order chi connectivity index (χ1) is 20.2. The molecule has 0 aromatic heterocycles. The average Bonchev–Trinajstić information content (AvgIpc) is 3.77. The molecule has 15 heteroatoms. The minimum Gasteiger partial charge on any atom is -0.463 e. The van der Waals surface area contributed by atoms with Gasteiger partial charge in [0.1, 0.15) is 6.04 Å². The summed E-state index contributed by atoms with van der Waals surface area (Å²) in [6.45, 7) is 6.45. The van der Waals surface area contributed by atoms with Crippen LogP contribution in [0.3, 0.4) is 0 Å². The molecular formula is C28H40N6O9. The number of imide groups is 2. The molecule has 1 heterocycles. The molecule has 0 saturated carbocycles. The summed E-state index contributed by atoms with van der Waals surface area (Å²) in [5.41, 5.74) is 6.86. The number of ether oxygens (including phenoxy) is 1. The number of likely N-dealkylation sites (N-methyl/N-ethyl adjacent to an activating group) is 1. The number of nitrogens with one attached hydrogen (secondary N) is 2. The van der Waals surface area contributed by atoms with Crippen molar-refractivity contribution in [3.8, 4) is 0 Å². The SMILES string of the molecule is CC(CCNC(=O)[C@H]1O[C@@H]1C(=O)N(C(=O)O)N(C)C(=O)[C@H](C)N(C(=O)CCc1ccccc1)C(=O)[C@@H](N)C(C)C)NC=O. The molecule has 0 spiro atoms.